The summed E-state index contributed by atoms with van der Waals surface area (Å²) >= 11 is 0. The Morgan fingerprint density at radius 2 is 2.20 bits per heavy atom. The molecule has 2 aromatic rings. The predicted octanol–water partition coefficient (Wildman–Crippen LogP) is 1.31. The molecule has 1 N–H and O–H groups in total. The Hall–Kier alpha value is -1.95. The largest absolute Gasteiger partial charge is 0.481 e. The number of aromatic nitrogens is 4. The smallest absolute Gasteiger partial charge is 0.212 e. The van der Waals surface area contributed by atoms with Crippen molar-refractivity contribution < 1.29 is 4.74 Å². The van der Waals surface area contributed by atoms with Gasteiger partial charge in [-0.15, -0.1) is 10.2 Å². The zero-order valence-corrected chi connectivity index (χ0v) is 11.7. The first-order valence-electron chi connectivity index (χ1n) is 6.97. The van der Waals surface area contributed by atoms with Crippen LogP contribution in [0.2, 0.25) is 0 Å². The Bertz CT molecular complexity index is 563. The third kappa shape index (κ3) is 2.80. The normalized spacial score (nSPS) is 14.1. The van der Waals surface area contributed by atoms with Crippen molar-refractivity contribution in [2.75, 3.05) is 7.11 Å². The van der Waals surface area contributed by atoms with Crippen molar-refractivity contribution in [2.45, 2.75) is 38.9 Å². The van der Waals surface area contributed by atoms with Crippen LogP contribution in [0.5, 0.6) is 5.88 Å². The van der Waals surface area contributed by atoms with Crippen molar-refractivity contribution >= 4 is 0 Å². The molecule has 0 unspecified atom stereocenters. The number of hydrogen-bond acceptors (Lipinski definition) is 5. The highest BCUT2D eigenvalue weighted by Crippen LogP contribution is 2.14. The number of rotatable bonds is 5. The van der Waals surface area contributed by atoms with Gasteiger partial charge in [0.25, 0.3) is 0 Å². The van der Waals surface area contributed by atoms with E-state index in [1.54, 1.807) is 7.11 Å². The molecule has 3 rings (SSSR count). The molecule has 106 valence electrons. The molecule has 0 saturated heterocycles. The fourth-order valence-electron chi connectivity index (χ4n) is 2.45. The highest BCUT2D eigenvalue weighted by Gasteiger charge is 2.14. The van der Waals surface area contributed by atoms with Gasteiger partial charge in [0.15, 0.2) is 0 Å². The zero-order valence-electron chi connectivity index (χ0n) is 11.7. The molecule has 0 atom stereocenters. The van der Waals surface area contributed by atoms with Crippen molar-refractivity contribution in [2.24, 2.45) is 0 Å². The van der Waals surface area contributed by atoms with Crippen LogP contribution in [0.1, 0.15) is 30.1 Å². The van der Waals surface area contributed by atoms with E-state index in [0.717, 1.165) is 43.3 Å². The summed E-state index contributed by atoms with van der Waals surface area (Å²) < 4.78 is 7.28. The number of pyridine rings is 1. The van der Waals surface area contributed by atoms with Crippen molar-refractivity contribution in [3.05, 3.63) is 35.5 Å². The lowest BCUT2D eigenvalue weighted by atomic mass is 10.2. The van der Waals surface area contributed by atoms with Gasteiger partial charge in [-0.1, -0.05) is 6.07 Å². The molecule has 2 aromatic heterocycles. The number of aryl methyl sites for hydroxylation is 1. The van der Waals surface area contributed by atoms with Crippen LogP contribution in [0.25, 0.3) is 0 Å². The summed E-state index contributed by atoms with van der Waals surface area (Å²) in [7, 11) is 1.62. The molecule has 0 amide bonds. The van der Waals surface area contributed by atoms with E-state index in [4.69, 9.17) is 4.74 Å². The van der Waals surface area contributed by atoms with Gasteiger partial charge in [-0.25, -0.2) is 4.98 Å². The molecule has 3 heterocycles. The minimum absolute atomic E-state index is 0.639. The van der Waals surface area contributed by atoms with Gasteiger partial charge < -0.3 is 14.6 Å². The molecule has 0 radical (unpaired) electrons. The van der Waals surface area contributed by atoms with Crippen LogP contribution >= 0.6 is 0 Å². The standard InChI is InChI=1S/C14H19N5O/c1-20-14-6-5-11(9-16-14)8-15-10-13-18-17-12-4-2-3-7-19(12)13/h5-6,9,15H,2-4,7-8,10H2,1H3. The molecule has 0 aromatic carbocycles. The second-order valence-corrected chi connectivity index (χ2v) is 4.95. The summed E-state index contributed by atoms with van der Waals surface area (Å²) in [6.45, 7) is 2.54. The van der Waals surface area contributed by atoms with Crippen molar-refractivity contribution in [1.82, 2.24) is 25.1 Å². The minimum atomic E-state index is 0.639. The van der Waals surface area contributed by atoms with E-state index in [2.05, 4.69) is 25.1 Å². The first kappa shape index (κ1) is 13.1. The molecular formula is C14H19N5O. The maximum Gasteiger partial charge on any atom is 0.212 e. The lowest BCUT2D eigenvalue weighted by molar-refractivity contribution is 0.397. The van der Waals surface area contributed by atoms with E-state index < -0.39 is 0 Å². The van der Waals surface area contributed by atoms with Gasteiger partial charge in [-0.3, -0.25) is 0 Å². The summed E-state index contributed by atoms with van der Waals surface area (Å²) in [5, 5.41) is 11.9. The number of methoxy groups -OCH3 is 1. The van der Waals surface area contributed by atoms with Gasteiger partial charge in [0.05, 0.1) is 13.7 Å². The van der Waals surface area contributed by atoms with E-state index >= 15 is 0 Å². The lowest BCUT2D eigenvalue weighted by Crippen LogP contribution is -2.19. The fourth-order valence-corrected chi connectivity index (χ4v) is 2.45. The molecule has 0 saturated carbocycles. The summed E-state index contributed by atoms with van der Waals surface area (Å²) in [6.07, 6.45) is 5.32. The number of nitrogens with one attached hydrogen (secondary N) is 1. The molecule has 6 heteroatoms. The van der Waals surface area contributed by atoms with Crippen LogP contribution < -0.4 is 10.1 Å². The first-order valence-corrected chi connectivity index (χ1v) is 6.97. The number of hydrogen-bond donors (Lipinski definition) is 1. The molecule has 0 bridgehead atoms. The van der Waals surface area contributed by atoms with Crippen LogP contribution in [-0.4, -0.2) is 26.9 Å². The van der Waals surface area contributed by atoms with Gasteiger partial charge >= 0.3 is 0 Å². The highest BCUT2D eigenvalue weighted by molar-refractivity contribution is 5.17. The maximum absolute atomic E-state index is 5.04. The lowest BCUT2D eigenvalue weighted by Gasteiger charge is -2.14. The maximum atomic E-state index is 5.04. The topological polar surface area (TPSA) is 64.9 Å². The number of fused-ring (bicyclic) bond motifs is 1. The van der Waals surface area contributed by atoms with Crippen LogP contribution in [0.4, 0.5) is 0 Å². The van der Waals surface area contributed by atoms with E-state index in [1.807, 2.05) is 18.3 Å². The Labute approximate surface area is 118 Å². The van der Waals surface area contributed by atoms with Crippen LogP contribution in [0.3, 0.4) is 0 Å². The minimum Gasteiger partial charge on any atom is -0.481 e. The third-order valence-electron chi connectivity index (χ3n) is 3.56. The van der Waals surface area contributed by atoms with Crippen molar-refractivity contribution in [3.63, 3.8) is 0 Å². The Balaban J connectivity index is 1.55. The zero-order chi connectivity index (χ0) is 13.8. The molecule has 1 aliphatic heterocycles. The first-order chi connectivity index (χ1) is 9.86. The summed E-state index contributed by atoms with van der Waals surface area (Å²) in [4.78, 5) is 4.19. The Morgan fingerprint density at radius 1 is 1.25 bits per heavy atom. The second kappa shape index (κ2) is 6.00. The Morgan fingerprint density at radius 3 is 3.00 bits per heavy atom. The van der Waals surface area contributed by atoms with Gasteiger partial charge in [-0.05, 0) is 18.4 Å². The van der Waals surface area contributed by atoms with Crippen molar-refractivity contribution in [3.8, 4) is 5.88 Å². The van der Waals surface area contributed by atoms with E-state index in [9.17, 15) is 0 Å². The molecule has 0 spiro atoms. The van der Waals surface area contributed by atoms with Crippen molar-refractivity contribution in [1.29, 1.82) is 0 Å². The Kier molecular flexibility index (Phi) is 3.92. The molecule has 1 aliphatic rings. The highest BCUT2D eigenvalue weighted by atomic mass is 16.5. The van der Waals surface area contributed by atoms with Crippen LogP contribution in [-0.2, 0) is 26.1 Å². The molecule has 20 heavy (non-hydrogen) atoms. The van der Waals surface area contributed by atoms with E-state index in [0.29, 0.717) is 5.88 Å². The SMILES string of the molecule is COc1ccc(CNCc2nnc3n2CCCC3)cn1. The second-order valence-electron chi connectivity index (χ2n) is 4.95. The molecule has 0 fully saturated rings. The van der Waals surface area contributed by atoms with Gasteiger partial charge in [-0.2, -0.15) is 0 Å². The quantitative estimate of drug-likeness (QED) is 0.889. The van der Waals surface area contributed by atoms with Gasteiger partial charge in [0, 0.05) is 31.8 Å². The predicted molar refractivity (Wildman–Crippen MR) is 74.3 cm³/mol. The van der Waals surface area contributed by atoms with Crippen LogP contribution in [0, 0.1) is 0 Å². The van der Waals surface area contributed by atoms with Gasteiger partial charge in [0.1, 0.15) is 11.6 Å². The van der Waals surface area contributed by atoms with E-state index in [-0.39, 0.29) is 0 Å². The number of nitrogens with zero attached hydrogens (tertiary/aromatic N) is 4. The molecule has 6 nitrogen and oxygen atoms in total. The number of ether oxygens (including phenoxy) is 1. The summed E-state index contributed by atoms with van der Waals surface area (Å²) in [5.74, 6) is 2.79. The third-order valence-corrected chi connectivity index (χ3v) is 3.56. The monoisotopic (exact) mass is 273 g/mol. The molecular weight excluding hydrogens is 254 g/mol. The summed E-state index contributed by atoms with van der Waals surface area (Å²) in [6, 6.07) is 3.88. The summed E-state index contributed by atoms with van der Waals surface area (Å²) in [5.41, 5.74) is 1.13. The van der Waals surface area contributed by atoms with Crippen LogP contribution in [0.15, 0.2) is 18.3 Å². The van der Waals surface area contributed by atoms with E-state index in [1.165, 1.54) is 12.8 Å². The average Bonchev–Trinajstić information content (AvgIpc) is 2.92. The molecule has 0 aliphatic carbocycles. The average molecular weight is 273 g/mol. The van der Waals surface area contributed by atoms with Gasteiger partial charge in [0.2, 0.25) is 5.88 Å². The fraction of sp³-hybridized carbons (Fsp3) is 0.500.